The molecule has 0 aliphatic carbocycles. The smallest absolute Gasteiger partial charge is 0.251 e. The summed E-state index contributed by atoms with van der Waals surface area (Å²) in [6.07, 6.45) is 0. The molecule has 0 aliphatic heterocycles. The second kappa shape index (κ2) is 7.89. The van der Waals surface area contributed by atoms with Gasteiger partial charge in [-0.05, 0) is 40.0 Å². The standard InChI is InChI=1S/C14H19BrN2O3/c1-9(2)7-16-13(18)8-17-14(19)10-4-5-12(20-3)11(15)6-10/h4-6,9H,7-8H2,1-3H3,(H,16,18)(H,17,19). The summed E-state index contributed by atoms with van der Waals surface area (Å²) in [6, 6.07) is 4.99. The van der Waals surface area contributed by atoms with Gasteiger partial charge < -0.3 is 15.4 Å². The van der Waals surface area contributed by atoms with E-state index in [1.807, 2.05) is 13.8 Å². The minimum Gasteiger partial charge on any atom is -0.496 e. The molecule has 20 heavy (non-hydrogen) atoms. The molecular formula is C14H19BrN2O3. The molecule has 0 aliphatic rings. The van der Waals surface area contributed by atoms with Crippen LogP contribution in [-0.2, 0) is 4.79 Å². The van der Waals surface area contributed by atoms with Gasteiger partial charge in [0.05, 0.1) is 18.1 Å². The molecule has 0 unspecified atom stereocenters. The lowest BCUT2D eigenvalue weighted by atomic mass is 10.2. The second-order valence-electron chi connectivity index (χ2n) is 4.73. The molecule has 0 radical (unpaired) electrons. The van der Waals surface area contributed by atoms with Crippen molar-refractivity contribution in [1.29, 1.82) is 0 Å². The molecule has 0 heterocycles. The van der Waals surface area contributed by atoms with Gasteiger partial charge in [0.1, 0.15) is 5.75 Å². The van der Waals surface area contributed by atoms with Crippen molar-refractivity contribution in [2.45, 2.75) is 13.8 Å². The lowest BCUT2D eigenvalue weighted by molar-refractivity contribution is -0.120. The van der Waals surface area contributed by atoms with Crippen molar-refractivity contribution >= 4 is 27.7 Å². The summed E-state index contributed by atoms with van der Waals surface area (Å²) in [4.78, 5) is 23.4. The highest BCUT2D eigenvalue weighted by Crippen LogP contribution is 2.25. The van der Waals surface area contributed by atoms with E-state index in [-0.39, 0.29) is 18.4 Å². The van der Waals surface area contributed by atoms with Crippen molar-refractivity contribution in [1.82, 2.24) is 10.6 Å². The van der Waals surface area contributed by atoms with E-state index in [0.717, 1.165) is 0 Å². The summed E-state index contributed by atoms with van der Waals surface area (Å²) in [6.45, 7) is 4.58. The van der Waals surface area contributed by atoms with E-state index in [4.69, 9.17) is 4.74 Å². The highest BCUT2D eigenvalue weighted by molar-refractivity contribution is 9.10. The maximum absolute atomic E-state index is 11.9. The Morgan fingerprint density at radius 1 is 1.30 bits per heavy atom. The zero-order valence-corrected chi connectivity index (χ0v) is 13.4. The van der Waals surface area contributed by atoms with Gasteiger partial charge in [-0.15, -0.1) is 0 Å². The fraction of sp³-hybridized carbons (Fsp3) is 0.429. The molecule has 0 atom stereocenters. The molecule has 1 aromatic rings. The van der Waals surface area contributed by atoms with Crippen molar-refractivity contribution in [3.63, 3.8) is 0 Å². The van der Waals surface area contributed by atoms with Gasteiger partial charge in [-0.3, -0.25) is 9.59 Å². The number of hydrogen-bond donors (Lipinski definition) is 2. The van der Waals surface area contributed by atoms with Crippen molar-refractivity contribution in [3.8, 4) is 5.75 Å². The summed E-state index contributed by atoms with van der Waals surface area (Å²) in [5, 5.41) is 5.31. The zero-order chi connectivity index (χ0) is 15.1. The number of halogens is 1. The summed E-state index contributed by atoms with van der Waals surface area (Å²) in [5.74, 6) is 0.538. The van der Waals surface area contributed by atoms with Gasteiger partial charge in [-0.25, -0.2) is 0 Å². The lowest BCUT2D eigenvalue weighted by Gasteiger charge is -2.09. The number of carbonyl (C=O) groups excluding carboxylic acids is 2. The first-order chi connectivity index (χ1) is 9.43. The van der Waals surface area contributed by atoms with Crippen molar-refractivity contribution in [2.24, 2.45) is 5.92 Å². The van der Waals surface area contributed by atoms with Crippen LogP contribution in [0.15, 0.2) is 22.7 Å². The highest BCUT2D eigenvalue weighted by atomic mass is 79.9. The number of amides is 2. The third-order valence-corrected chi connectivity index (χ3v) is 3.15. The van der Waals surface area contributed by atoms with Gasteiger partial charge in [0.25, 0.3) is 5.91 Å². The Balaban J connectivity index is 2.51. The van der Waals surface area contributed by atoms with Crippen LogP contribution in [0.3, 0.4) is 0 Å². The van der Waals surface area contributed by atoms with Gasteiger partial charge in [-0.1, -0.05) is 13.8 Å². The van der Waals surface area contributed by atoms with E-state index in [9.17, 15) is 9.59 Å². The molecule has 5 nitrogen and oxygen atoms in total. The molecule has 2 amide bonds. The van der Waals surface area contributed by atoms with E-state index in [0.29, 0.717) is 28.2 Å². The van der Waals surface area contributed by atoms with Crippen LogP contribution in [-0.4, -0.2) is 32.0 Å². The van der Waals surface area contributed by atoms with E-state index in [1.54, 1.807) is 25.3 Å². The van der Waals surface area contributed by atoms with Gasteiger partial charge in [0, 0.05) is 12.1 Å². The van der Waals surface area contributed by atoms with Crippen LogP contribution in [0.1, 0.15) is 24.2 Å². The average Bonchev–Trinajstić information content (AvgIpc) is 2.42. The Hall–Kier alpha value is -1.56. The third-order valence-electron chi connectivity index (χ3n) is 2.53. The van der Waals surface area contributed by atoms with Gasteiger partial charge in [-0.2, -0.15) is 0 Å². The van der Waals surface area contributed by atoms with Crippen LogP contribution < -0.4 is 15.4 Å². The Morgan fingerprint density at radius 3 is 2.55 bits per heavy atom. The fourth-order valence-corrected chi connectivity index (χ4v) is 1.99. The van der Waals surface area contributed by atoms with Crippen molar-refractivity contribution in [3.05, 3.63) is 28.2 Å². The first-order valence-corrected chi connectivity index (χ1v) is 7.11. The van der Waals surface area contributed by atoms with E-state index >= 15 is 0 Å². The van der Waals surface area contributed by atoms with E-state index < -0.39 is 0 Å². The predicted octanol–water partition coefficient (Wildman–Crippen LogP) is 1.96. The molecule has 1 rings (SSSR count). The zero-order valence-electron chi connectivity index (χ0n) is 11.8. The van der Waals surface area contributed by atoms with Crippen LogP contribution >= 0.6 is 15.9 Å². The topological polar surface area (TPSA) is 67.4 Å². The Morgan fingerprint density at radius 2 is 2.00 bits per heavy atom. The van der Waals surface area contributed by atoms with Gasteiger partial charge in [0.15, 0.2) is 0 Å². The summed E-state index contributed by atoms with van der Waals surface area (Å²) in [7, 11) is 1.55. The molecule has 0 aromatic heterocycles. The van der Waals surface area contributed by atoms with Gasteiger partial charge >= 0.3 is 0 Å². The third kappa shape index (κ3) is 5.21. The molecule has 2 N–H and O–H groups in total. The number of nitrogens with one attached hydrogen (secondary N) is 2. The number of ether oxygens (including phenoxy) is 1. The number of rotatable bonds is 6. The van der Waals surface area contributed by atoms with Crippen molar-refractivity contribution < 1.29 is 14.3 Å². The molecule has 1 aromatic carbocycles. The monoisotopic (exact) mass is 342 g/mol. The molecule has 0 fully saturated rings. The van der Waals surface area contributed by atoms with E-state index in [2.05, 4.69) is 26.6 Å². The normalized spacial score (nSPS) is 10.2. The fourth-order valence-electron chi connectivity index (χ4n) is 1.45. The van der Waals surface area contributed by atoms with Crippen molar-refractivity contribution in [2.75, 3.05) is 20.2 Å². The number of methoxy groups -OCH3 is 1. The number of hydrogen-bond acceptors (Lipinski definition) is 3. The SMILES string of the molecule is COc1ccc(C(=O)NCC(=O)NCC(C)C)cc1Br. The molecular weight excluding hydrogens is 324 g/mol. The Labute approximate surface area is 127 Å². The lowest BCUT2D eigenvalue weighted by Crippen LogP contribution is -2.38. The molecule has 0 bridgehead atoms. The first-order valence-electron chi connectivity index (χ1n) is 6.32. The summed E-state index contributed by atoms with van der Waals surface area (Å²) >= 11 is 3.31. The largest absolute Gasteiger partial charge is 0.496 e. The highest BCUT2D eigenvalue weighted by Gasteiger charge is 2.10. The first kappa shape index (κ1) is 16.5. The minimum atomic E-state index is -0.298. The number of carbonyl (C=O) groups is 2. The quantitative estimate of drug-likeness (QED) is 0.830. The minimum absolute atomic E-state index is 0.0325. The van der Waals surface area contributed by atoms with Crippen LogP contribution in [0.5, 0.6) is 5.75 Å². The molecule has 0 spiro atoms. The maximum atomic E-state index is 11.9. The Kier molecular flexibility index (Phi) is 6.51. The number of benzene rings is 1. The van der Waals surface area contributed by atoms with Crippen LogP contribution in [0.2, 0.25) is 0 Å². The molecule has 0 saturated carbocycles. The van der Waals surface area contributed by atoms with E-state index in [1.165, 1.54) is 0 Å². The molecule has 0 saturated heterocycles. The maximum Gasteiger partial charge on any atom is 0.251 e. The van der Waals surface area contributed by atoms with Crippen LogP contribution in [0, 0.1) is 5.92 Å². The summed E-state index contributed by atoms with van der Waals surface area (Å²) < 4.78 is 5.78. The summed E-state index contributed by atoms with van der Waals surface area (Å²) in [5.41, 5.74) is 0.467. The van der Waals surface area contributed by atoms with Crippen LogP contribution in [0.4, 0.5) is 0 Å². The molecule has 110 valence electrons. The van der Waals surface area contributed by atoms with Gasteiger partial charge in [0.2, 0.25) is 5.91 Å². The second-order valence-corrected chi connectivity index (χ2v) is 5.58. The molecule has 6 heteroatoms. The van der Waals surface area contributed by atoms with Crippen LogP contribution in [0.25, 0.3) is 0 Å². The Bertz CT molecular complexity index is 489. The average molecular weight is 343 g/mol. The predicted molar refractivity (Wildman–Crippen MR) is 80.9 cm³/mol.